The van der Waals surface area contributed by atoms with Crippen molar-refractivity contribution in [3.63, 3.8) is 0 Å². The molecule has 0 aliphatic heterocycles. The topological polar surface area (TPSA) is 53.5 Å². The van der Waals surface area contributed by atoms with Crippen LogP contribution in [0.4, 0.5) is 10.6 Å². The number of hydrogen-bond donors (Lipinski definition) is 0. The van der Waals surface area contributed by atoms with E-state index in [0.717, 1.165) is 4.47 Å². The smallest absolute Gasteiger partial charge is 0.304 e. The fourth-order valence-electron chi connectivity index (χ4n) is 1.13. The highest BCUT2D eigenvalue weighted by Gasteiger charge is 2.14. The number of carbonyl (C=O) groups excluding carboxylic acids is 2. The van der Waals surface area contributed by atoms with Crippen LogP contribution in [0, 0.1) is 0 Å². The fourth-order valence-corrected chi connectivity index (χ4v) is 1.36. The number of pyridine rings is 1. The third-order valence-electron chi connectivity index (χ3n) is 2.03. The molecule has 1 aromatic heterocycles. The van der Waals surface area contributed by atoms with Crippen LogP contribution in [0.25, 0.3) is 0 Å². The van der Waals surface area contributed by atoms with Gasteiger partial charge in [-0.1, -0.05) is 0 Å². The van der Waals surface area contributed by atoms with E-state index in [4.69, 9.17) is 0 Å². The first kappa shape index (κ1) is 13.4. The Morgan fingerprint density at radius 2 is 2.12 bits per heavy atom. The van der Waals surface area contributed by atoms with E-state index in [-0.39, 0.29) is 6.03 Å². The molecule has 5 nitrogen and oxygen atoms in total. The molecule has 0 unspecified atom stereocenters. The lowest BCUT2D eigenvalue weighted by Crippen LogP contribution is -2.36. The molecule has 0 fully saturated rings. The SMILES string of the molecule is CN(/C=C\C=O)C(=O)N(C)c1ccc(Br)cn1. The van der Waals surface area contributed by atoms with E-state index >= 15 is 0 Å². The number of allylic oxidation sites excluding steroid dienone is 1. The summed E-state index contributed by atoms with van der Waals surface area (Å²) in [4.78, 5) is 28.8. The third kappa shape index (κ3) is 3.67. The van der Waals surface area contributed by atoms with Crippen LogP contribution in [0.5, 0.6) is 0 Å². The Labute approximate surface area is 108 Å². The predicted octanol–water partition coefficient (Wildman–Crippen LogP) is 2.04. The number of nitrogens with zero attached hydrogens (tertiary/aromatic N) is 3. The monoisotopic (exact) mass is 297 g/mol. The Hall–Kier alpha value is -1.69. The summed E-state index contributed by atoms with van der Waals surface area (Å²) in [5.74, 6) is 0.532. The highest BCUT2D eigenvalue weighted by Crippen LogP contribution is 2.14. The van der Waals surface area contributed by atoms with Crippen LogP contribution < -0.4 is 4.90 Å². The van der Waals surface area contributed by atoms with Gasteiger partial charge in [0, 0.05) is 31.0 Å². The first-order chi connectivity index (χ1) is 8.06. The zero-order valence-electron chi connectivity index (χ0n) is 9.50. The van der Waals surface area contributed by atoms with Gasteiger partial charge in [0.15, 0.2) is 0 Å². The molecule has 17 heavy (non-hydrogen) atoms. The number of hydrogen-bond acceptors (Lipinski definition) is 3. The van der Waals surface area contributed by atoms with Gasteiger partial charge in [-0.3, -0.25) is 9.69 Å². The van der Waals surface area contributed by atoms with E-state index in [9.17, 15) is 9.59 Å². The average molecular weight is 298 g/mol. The van der Waals surface area contributed by atoms with E-state index in [2.05, 4.69) is 20.9 Å². The van der Waals surface area contributed by atoms with E-state index in [1.807, 2.05) is 0 Å². The summed E-state index contributed by atoms with van der Waals surface area (Å²) in [5, 5.41) is 0. The molecule has 0 spiro atoms. The summed E-state index contributed by atoms with van der Waals surface area (Å²) in [5.41, 5.74) is 0. The van der Waals surface area contributed by atoms with Crippen LogP contribution in [0.15, 0.2) is 35.1 Å². The number of urea groups is 1. The molecule has 2 amide bonds. The van der Waals surface area contributed by atoms with Gasteiger partial charge in [0.2, 0.25) is 0 Å². The van der Waals surface area contributed by atoms with Crippen molar-refractivity contribution in [1.29, 1.82) is 0 Å². The van der Waals surface area contributed by atoms with Gasteiger partial charge in [-0.25, -0.2) is 9.78 Å². The van der Waals surface area contributed by atoms with E-state index in [1.54, 1.807) is 32.4 Å². The lowest BCUT2D eigenvalue weighted by molar-refractivity contribution is -0.104. The number of halogens is 1. The van der Waals surface area contributed by atoms with Crippen LogP contribution in [0.3, 0.4) is 0 Å². The molecule has 0 aromatic carbocycles. The summed E-state index contributed by atoms with van der Waals surface area (Å²) < 4.78 is 0.844. The minimum Gasteiger partial charge on any atom is -0.304 e. The Morgan fingerprint density at radius 3 is 2.65 bits per heavy atom. The van der Waals surface area contributed by atoms with Crippen molar-refractivity contribution in [3.8, 4) is 0 Å². The van der Waals surface area contributed by atoms with E-state index < -0.39 is 0 Å². The predicted molar refractivity (Wildman–Crippen MR) is 68.7 cm³/mol. The molecule has 90 valence electrons. The summed E-state index contributed by atoms with van der Waals surface area (Å²) in [7, 11) is 3.18. The number of carbonyl (C=O) groups is 2. The Bertz CT molecular complexity index is 431. The first-order valence-electron chi connectivity index (χ1n) is 4.80. The van der Waals surface area contributed by atoms with Crippen molar-refractivity contribution < 1.29 is 9.59 Å². The minimum absolute atomic E-state index is 0.280. The molecular weight excluding hydrogens is 286 g/mol. The lowest BCUT2D eigenvalue weighted by Gasteiger charge is -2.21. The molecule has 1 rings (SSSR count). The molecule has 0 saturated heterocycles. The van der Waals surface area contributed by atoms with Crippen molar-refractivity contribution in [2.75, 3.05) is 19.0 Å². The second-order valence-corrected chi connectivity index (χ2v) is 4.18. The largest absolute Gasteiger partial charge is 0.329 e. The maximum Gasteiger partial charge on any atom is 0.329 e. The Kier molecular flexibility index (Phi) is 4.84. The molecule has 0 N–H and O–H groups in total. The Balaban J connectivity index is 2.79. The van der Waals surface area contributed by atoms with Crippen molar-refractivity contribution in [2.45, 2.75) is 0 Å². The highest BCUT2D eigenvalue weighted by atomic mass is 79.9. The van der Waals surface area contributed by atoms with Gasteiger partial charge in [-0.15, -0.1) is 0 Å². The quantitative estimate of drug-likeness (QED) is 0.634. The van der Waals surface area contributed by atoms with E-state index in [0.29, 0.717) is 12.1 Å². The van der Waals surface area contributed by atoms with Gasteiger partial charge in [0.1, 0.15) is 12.1 Å². The summed E-state index contributed by atoms with van der Waals surface area (Å²) in [6.07, 6.45) is 4.87. The maximum absolute atomic E-state index is 11.9. The third-order valence-corrected chi connectivity index (χ3v) is 2.50. The molecule has 0 bridgehead atoms. The minimum atomic E-state index is -0.280. The molecule has 0 aliphatic carbocycles. The van der Waals surface area contributed by atoms with Crippen molar-refractivity contribution in [3.05, 3.63) is 35.1 Å². The van der Waals surface area contributed by atoms with E-state index in [1.165, 1.54) is 22.1 Å². The second kappa shape index (κ2) is 6.15. The normalized spacial score (nSPS) is 10.3. The van der Waals surface area contributed by atoms with Crippen molar-refractivity contribution in [1.82, 2.24) is 9.88 Å². The van der Waals surface area contributed by atoms with Crippen LogP contribution in [-0.4, -0.2) is 36.3 Å². The fraction of sp³-hybridized carbons (Fsp3) is 0.182. The number of amides is 2. The Morgan fingerprint density at radius 1 is 1.41 bits per heavy atom. The van der Waals surface area contributed by atoms with Gasteiger partial charge >= 0.3 is 6.03 Å². The number of aldehydes is 1. The van der Waals surface area contributed by atoms with Gasteiger partial charge in [0.25, 0.3) is 0 Å². The van der Waals surface area contributed by atoms with Gasteiger partial charge in [-0.05, 0) is 34.1 Å². The molecule has 1 aromatic rings. The molecule has 0 saturated carbocycles. The molecular formula is C11H12BrN3O2. The molecule has 0 aliphatic rings. The van der Waals surface area contributed by atoms with Gasteiger partial charge in [0.05, 0.1) is 0 Å². The van der Waals surface area contributed by atoms with Gasteiger partial charge in [-0.2, -0.15) is 0 Å². The highest BCUT2D eigenvalue weighted by molar-refractivity contribution is 9.10. The zero-order chi connectivity index (χ0) is 12.8. The van der Waals surface area contributed by atoms with Crippen LogP contribution in [-0.2, 0) is 4.79 Å². The maximum atomic E-state index is 11.9. The summed E-state index contributed by atoms with van der Waals surface area (Å²) in [6, 6.07) is 3.24. The van der Waals surface area contributed by atoms with Crippen molar-refractivity contribution >= 4 is 34.1 Å². The molecule has 0 radical (unpaired) electrons. The number of rotatable bonds is 3. The van der Waals surface area contributed by atoms with Crippen LogP contribution in [0.2, 0.25) is 0 Å². The molecule has 0 atom stereocenters. The molecule has 6 heteroatoms. The van der Waals surface area contributed by atoms with Crippen molar-refractivity contribution in [2.24, 2.45) is 0 Å². The average Bonchev–Trinajstić information content (AvgIpc) is 2.35. The number of aromatic nitrogens is 1. The summed E-state index contributed by atoms with van der Waals surface area (Å²) in [6.45, 7) is 0. The lowest BCUT2D eigenvalue weighted by atomic mass is 10.4. The molecule has 1 heterocycles. The van der Waals surface area contributed by atoms with Crippen LogP contribution >= 0.6 is 15.9 Å². The summed E-state index contributed by atoms with van der Waals surface area (Å²) >= 11 is 3.27. The standard InChI is InChI=1S/C11H12BrN3O2/c1-14(6-3-7-16)11(17)15(2)10-5-4-9(12)8-13-10/h3-8H,1-2H3/b6-3-. The van der Waals surface area contributed by atoms with Crippen LogP contribution in [0.1, 0.15) is 0 Å². The zero-order valence-corrected chi connectivity index (χ0v) is 11.1. The van der Waals surface area contributed by atoms with Gasteiger partial charge < -0.3 is 4.90 Å². The first-order valence-corrected chi connectivity index (χ1v) is 5.59. The number of anilines is 1. The second-order valence-electron chi connectivity index (χ2n) is 3.26.